The van der Waals surface area contributed by atoms with E-state index < -0.39 is 0 Å². The highest BCUT2D eigenvalue weighted by molar-refractivity contribution is 5.80. The molecule has 1 aliphatic carbocycles. The lowest BCUT2D eigenvalue weighted by Crippen LogP contribution is -2.47. The first-order valence-corrected chi connectivity index (χ1v) is 12.6. The van der Waals surface area contributed by atoms with E-state index in [1.807, 2.05) is 6.07 Å². The minimum Gasteiger partial charge on any atom is -0.497 e. The van der Waals surface area contributed by atoms with Crippen molar-refractivity contribution < 1.29 is 14.2 Å². The van der Waals surface area contributed by atoms with Crippen LogP contribution in [0.15, 0.2) is 29.3 Å². The molecule has 1 N–H and O–H groups in total. The highest BCUT2D eigenvalue weighted by atomic mass is 16.5. The van der Waals surface area contributed by atoms with Crippen molar-refractivity contribution in [3.05, 3.63) is 29.8 Å². The van der Waals surface area contributed by atoms with Crippen LogP contribution in [0.2, 0.25) is 0 Å². The zero-order chi connectivity index (χ0) is 22.2. The Morgan fingerprint density at radius 2 is 2.00 bits per heavy atom. The molecule has 2 heterocycles. The third kappa shape index (κ3) is 5.76. The summed E-state index contributed by atoms with van der Waals surface area (Å²) in [5.41, 5.74) is 1.49. The Kier molecular flexibility index (Phi) is 8.31. The predicted molar refractivity (Wildman–Crippen MR) is 129 cm³/mol. The quantitative estimate of drug-likeness (QED) is 0.484. The van der Waals surface area contributed by atoms with Crippen LogP contribution in [0.25, 0.3) is 0 Å². The second-order valence-corrected chi connectivity index (χ2v) is 9.54. The van der Waals surface area contributed by atoms with Crippen LogP contribution in [0.5, 0.6) is 5.75 Å². The van der Waals surface area contributed by atoms with Crippen molar-refractivity contribution in [2.45, 2.75) is 75.9 Å². The normalized spacial score (nSPS) is 24.1. The maximum Gasteiger partial charge on any atom is 0.193 e. The molecular formula is C26H41N3O3. The molecule has 1 aromatic rings. The van der Waals surface area contributed by atoms with Gasteiger partial charge in [-0.15, -0.1) is 0 Å². The number of guanidine groups is 1. The maximum absolute atomic E-state index is 6.17. The summed E-state index contributed by atoms with van der Waals surface area (Å²) < 4.78 is 17.4. The van der Waals surface area contributed by atoms with Crippen molar-refractivity contribution in [2.75, 3.05) is 46.5 Å². The third-order valence-electron chi connectivity index (χ3n) is 7.39. The van der Waals surface area contributed by atoms with Gasteiger partial charge in [-0.3, -0.25) is 4.99 Å². The SMILES string of the molecule is CCNC(=NCC1(c2cccc(OC)c2)CCCC1)N1CCC(OCC2CCCO2)CC1. The van der Waals surface area contributed by atoms with Crippen molar-refractivity contribution >= 4 is 5.96 Å². The van der Waals surface area contributed by atoms with Crippen molar-refractivity contribution in [1.82, 2.24) is 10.2 Å². The fourth-order valence-electron chi connectivity index (χ4n) is 5.45. The molecule has 32 heavy (non-hydrogen) atoms. The predicted octanol–water partition coefficient (Wildman–Crippen LogP) is 4.13. The van der Waals surface area contributed by atoms with Crippen LogP contribution in [0.4, 0.5) is 0 Å². The molecule has 3 aliphatic rings. The van der Waals surface area contributed by atoms with E-state index in [9.17, 15) is 0 Å². The zero-order valence-electron chi connectivity index (χ0n) is 20.0. The largest absolute Gasteiger partial charge is 0.497 e. The number of hydrogen-bond donors (Lipinski definition) is 1. The van der Waals surface area contributed by atoms with E-state index in [4.69, 9.17) is 19.2 Å². The molecule has 6 nitrogen and oxygen atoms in total. The lowest BCUT2D eigenvalue weighted by Gasteiger charge is -2.35. The number of nitrogens with one attached hydrogen (secondary N) is 1. The highest BCUT2D eigenvalue weighted by Gasteiger charge is 2.36. The highest BCUT2D eigenvalue weighted by Crippen LogP contribution is 2.42. The van der Waals surface area contributed by atoms with Crippen LogP contribution >= 0.6 is 0 Å². The number of benzene rings is 1. The molecule has 3 fully saturated rings. The van der Waals surface area contributed by atoms with Gasteiger partial charge in [0.25, 0.3) is 0 Å². The summed E-state index contributed by atoms with van der Waals surface area (Å²) in [7, 11) is 1.75. The molecule has 2 aliphatic heterocycles. The number of methoxy groups -OCH3 is 1. The summed E-state index contributed by atoms with van der Waals surface area (Å²) in [6.07, 6.45) is 10.0. The molecule has 1 atom stereocenters. The molecule has 6 heteroatoms. The molecule has 0 aromatic heterocycles. The number of piperidine rings is 1. The molecule has 0 bridgehead atoms. The van der Waals surface area contributed by atoms with Gasteiger partial charge in [0.1, 0.15) is 5.75 Å². The third-order valence-corrected chi connectivity index (χ3v) is 7.39. The minimum atomic E-state index is 0.123. The lowest BCUT2D eigenvalue weighted by molar-refractivity contribution is -0.0367. The van der Waals surface area contributed by atoms with Crippen molar-refractivity contribution in [3.8, 4) is 5.75 Å². The topological polar surface area (TPSA) is 55.3 Å². The molecular weight excluding hydrogens is 402 g/mol. The van der Waals surface area contributed by atoms with Crippen LogP contribution in [0.1, 0.15) is 63.9 Å². The summed E-state index contributed by atoms with van der Waals surface area (Å²) in [5.74, 6) is 1.99. The van der Waals surface area contributed by atoms with E-state index in [0.717, 1.165) is 70.4 Å². The average molecular weight is 444 g/mol. The number of nitrogens with zero attached hydrogens (tertiary/aromatic N) is 2. The van der Waals surface area contributed by atoms with E-state index in [-0.39, 0.29) is 5.41 Å². The molecule has 0 spiro atoms. The Hall–Kier alpha value is -1.79. The van der Waals surface area contributed by atoms with Crippen molar-refractivity contribution in [2.24, 2.45) is 4.99 Å². The summed E-state index contributed by atoms with van der Waals surface area (Å²) >= 11 is 0. The monoisotopic (exact) mass is 443 g/mol. The average Bonchev–Trinajstić information content (AvgIpc) is 3.54. The summed E-state index contributed by atoms with van der Waals surface area (Å²) in [6.45, 7) is 7.51. The summed E-state index contributed by atoms with van der Waals surface area (Å²) in [6, 6.07) is 8.62. The Morgan fingerprint density at radius 1 is 1.19 bits per heavy atom. The van der Waals surface area contributed by atoms with Gasteiger partial charge in [0, 0.05) is 31.7 Å². The van der Waals surface area contributed by atoms with Gasteiger partial charge in [0.05, 0.1) is 32.5 Å². The first-order chi connectivity index (χ1) is 15.7. The fraction of sp³-hybridized carbons (Fsp3) is 0.731. The Morgan fingerprint density at radius 3 is 2.69 bits per heavy atom. The molecule has 1 unspecified atom stereocenters. The van der Waals surface area contributed by atoms with Gasteiger partial charge in [0.2, 0.25) is 0 Å². The second-order valence-electron chi connectivity index (χ2n) is 9.54. The van der Waals surface area contributed by atoms with E-state index >= 15 is 0 Å². The van der Waals surface area contributed by atoms with Gasteiger partial charge < -0.3 is 24.4 Å². The second kappa shape index (κ2) is 11.4. The van der Waals surface area contributed by atoms with Crippen LogP contribution in [-0.4, -0.2) is 69.6 Å². The summed E-state index contributed by atoms with van der Waals surface area (Å²) in [4.78, 5) is 7.61. The van der Waals surface area contributed by atoms with Gasteiger partial charge in [0.15, 0.2) is 5.96 Å². The number of rotatable bonds is 8. The van der Waals surface area contributed by atoms with E-state index in [1.165, 1.54) is 37.7 Å². The van der Waals surface area contributed by atoms with Crippen molar-refractivity contribution in [3.63, 3.8) is 0 Å². The number of hydrogen-bond acceptors (Lipinski definition) is 4. The minimum absolute atomic E-state index is 0.123. The Bertz CT molecular complexity index is 734. The first kappa shape index (κ1) is 23.4. The molecule has 4 rings (SSSR count). The zero-order valence-corrected chi connectivity index (χ0v) is 20.0. The van der Waals surface area contributed by atoms with E-state index in [0.29, 0.717) is 12.2 Å². The van der Waals surface area contributed by atoms with Crippen LogP contribution < -0.4 is 10.1 Å². The molecule has 178 valence electrons. The van der Waals surface area contributed by atoms with Gasteiger partial charge in [-0.1, -0.05) is 25.0 Å². The smallest absolute Gasteiger partial charge is 0.193 e. The van der Waals surface area contributed by atoms with Crippen molar-refractivity contribution in [1.29, 1.82) is 0 Å². The standard InChI is InChI=1S/C26H41N3O3/c1-3-27-25(29-15-11-22(12-16-29)32-19-24-10-7-17-31-24)28-20-26(13-4-5-14-26)21-8-6-9-23(18-21)30-2/h6,8-9,18,22,24H,3-5,7,10-17,19-20H2,1-2H3,(H,27,28). The van der Waals surface area contributed by atoms with Crippen LogP contribution in [0, 0.1) is 0 Å². The maximum atomic E-state index is 6.17. The summed E-state index contributed by atoms with van der Waals surface area (Å²) in [5, 5.41) is 3.55. The molecule has 1 aromatic carbocycles. The molecule has 1 saturated carbocycles. The van der Waals surface area contributed by atoms with Gasteiger partial charge >= 0.3 is 0 Å². The first-order valence-electron chi connectivity index (χ1n) is 12.6. The number of likely N-dealkylation sites (tertiary alicyclic amines) is 1. The fourth-order valence-corrected chi connectivity index (χ4v) is 5.45. The van der Waals surface area contributed by atoms with Gasteiger partial charge in [-0.25, -0.2) is 0 Å². The Labute approximate surface area is 193 Å². The van der Waals surface area contributed by atoms with Crippen LogP contribution in [-0.2, 0) is 14.9 Å². The molecule has 0 amide bonds. The van der Waals surface area contributed by atoms with Gasteiger partial charge in [-0.2, -0.15) is 0 Å². The lowest BCUT2D eigenvalue weighted by atomic mass is 9.79. The Balaban J connectivity index is 1.37. The number of ether oxygens (including phenoxy) is 3. The van der Waals surface area contributed by atoms with E-state index in [2.05, 4.69) is 35.3 Å². The van der Waals surface area contributed by atoms with E-state index in [1.54, 1.807) is 7.11 Å². The molecule has 0 radical (unpaired) electrons. The van der Waals surface area contributed by atoms with Gasteiger partial charge in [-0.05, 0) is 63.1 Å². The molecule has 2 saturated heterocycles. The number of aliphatic imine (C=N–C) groups is 1. The van der Waals surface area contributed by atoms with Crippen LogP contribution in [0.3, 0.4) is 0 Å².